The van der Waals surface area contributed by atoms with Crippen molar-refractivity contribution in [3.05, 3.63) is 76.7 Å². The van der Waals surface area contributed by atoms with Crippen molar-refractivity contribution in [3.8, 4) is 22.8 Å². The molecule has 0 bridgehead atoms. The van der Waals surface area contributed by atoms with E-state index in [1.807, 2.05) is 0 Å². The molecular formula is C33H38FNO2. The number of rotatable bonds is 6. The van der Waals surface area contributed by atoms with Crippen LogP contribution in [0.4, 0.5) is 4.39 Å². The van der Waals surface area contributed by atoms with Crippen LogP contribution in [0.1, 0.15) is 87.5 Å². The van der Waals surface area contributed by atoms with E-state index in [4.69, 9.17) is 9.47 Å². The SMILES string of the molecule is COc1cc(-c2ccc(COc3ccc4c(c3)[C@@]3(CC4)CC[C@H]3C)cc2[C@@H]2CCCC2(C)C)c(F)cn1. The van der Waals surface area contributed by atoms with Gasteiger partial charge < -0.3 is 9.47 Å². The highest BCUT2D eigenvalue weighted by molar-refractivity contribution is 5.70. The molecule has 0 N–H and O–H groups in total. The third kappa shape index (κ3) is 4.13. The number of nitrogens with zero attached hydrogens (tertiary/aromatic N) is 1. The summed E-state index contributed by atoms with van der Waals surface area (Å²) in [5.74, 6) is 2.19. The summed E-state index contributed by atoms with van der Waals surface area (Å²) in [5, 5.41) is 0. The van der Waals surface area contributed by atoms with E-state index in [1.54, 1.807) is 13.2 Å². The summed E-state index contributed by atoms with van der Waals surface area (Å²) < 4.78 is 26.7. The van der Waals surface area contributed by atoms with Crippen molar-refractivity contribution in [2.75, 3.05) is 7.11 Å². The zero-order chi connectivity index (χ0) is 25.8. The lowest BCUT2D eigenvalue weighted by molar-refractivity contribution is 0.138. The van der Waals surface area contributed by atoms with Crippen LogP contribution in [-0.2, 0) is 18.4 Å². The average molecular weight is 500 g/mol. The quantitative estimate of drug-likeness (QED) is 0.341. The minimum atomic E-state index is -0.320. The Morgan fingerprint density at radius 1 is 1.00 bits per heavy atom. The van der Waals surface area contributed by atoms with Gasteiger partial charge in [-0.15, -0.1) is 0 Å². The summed E-state index contributed by atoms with van der Waals surface area (Å²) in [6.45, 7) is 7.58. The molecule has 2 aromatic carbocycles. The van der Waals surface area contributed by atoms with Gasteiger partial charge in [0, 0.05) is 11.6 Å². The van der Waals surface area contributed by atoms with Gasteiger partial charge in [0.05, 0.1) is 13.3 Å². The van der Waals surface area contributed by atoms with Crippen molar-refractivity contribution in [1.82, 2.24) is 4.98 Å². The molecule has 1 aromatic heterocycles. The molecule has 6 rings (SSSR count). The number of aromatic nitrogens is 1. The first kappa shape index (κ1) is 24.5. The van der Waals surface area contributed by atoms with Crippen molar-refractivity contribution < 1.29 is 13.9 Å². The number of hydrogen-bond acceptors (Lipinski definition) is 3. The highest BCUT2D eigenvalue weighted by Crippen LogP contribution is 2.56. The molecule has 3 aliphatic rings. The number of hydrogen-bond donors (Lipinski definition) is 0. The normalized spacial score (nSPS) is 25.6. The first-order valence-corrected chi connectivity index (χ1v) is 13.9. The van der Waals surface area contributed by atoms with E-state index in [9.17, 15) is 0 Å². The second kappa shape index (κ2) is 9.15. The van der Waals surface area contributed by atoms with Crippen LogP contribution in [0.5, 0.6) is 11.6 Å². The van der Waals surface area contributed by atoms with Gasteiger partial charge in [-0.1, -0.05) is 51.5 Å². The van der Waals surface area contributed by atoms with Crippen molar-refractivity contribution >= 4 is 0 Å². The van der Waals surface area contributed by atoms with Crippen molar-refractivity contribution in [1.29, 1.82) is 0 Å². The molecule has 0 saturated heterocycles. The van der Waals surface area contributed by atoms with Crippen molar-refractivity contribution in [2.24, 2.45) is 11.3 Å². The van der Waals surface area contributed by atoms with Crippen LogP contribution in [0.3, 0.4) is 0 Å². The molecule has 2 saturated carbocycles. The summed E-state index contributed by atoms with van der Waals surface area (Å²) in [5.41, 5.74) is 7.37. The number of methoxy groups -OCH3 is 1. The van der Waals surface area contributed by atoms with Gasteiger partial charge in [0.2, 0.25) is 5.88 Å². The standard InChI is InChI=1S/C33H38FNO2/c1-21-11-14-33(21)15-12-23-8-9-24(17-29(23)33)37-20-22-7-10-25(27-18-31(36-4)35-19-30(27)34)26(16-22)28-6-5-13-32(28,2)3/h7-10,16-19,21,28H,5-6,11-15,20H2,1-4H3/t21-,28+,33-/m1/s1. The highest BCUT2D eigenvalue weighted by atomic mass is 19.1. The van der Waals surface area contributed by atoms with Gasteiger partial charge in [0.1, 0.15) is 18.2 Å². The largest absolute Gasteiger partial charge is 0.489 e. The zero-order valence-electron chi connectivity index (χ0n) is 22.6. The second-order valence-electron chi connectivity index (χ2n) is 12.3. The third-order valence-corrected chi connectivity index (χ3v) is 9.91. The Morgan fingerprint density at radius 2 is 1.86 bits per heavy atom. The predicted octanol–water partition coefficient (Wildman–Crippen LogP) is 8.38. The maximum Gasteiger partial charge on any atom is 0.213 e. The van der Waals surface area contributed by atoms with E-state index >= 15 is 4.39 Å². The summed E-state index contributed by atoms with van der Waals surface area (Å²) in [4.78, 5) is 4.05. The minimum absolute atomic E-state index is 0.162. The van der Waals surface area contributed by atoms with Crippen LogP contribution < -0.4 is 9.47 Å². The lowest BCUT2D eigenvalue weighted by Gasteiger charge is -2.46. The Hall–Kier alpha value is -2.88. The van der Waals surface area contributed by atoms with Crippen LogP contribution >= 0.6 is 0 Å². The molecule has 1 spiro atoms. The monoisotopic (exact) mass is 499 g/mol. The van der Waals surface area contributed by atoms with Crippen LogP contribution in [0.25, 0.3) is 11.1 Å². The zero-order valence-corrected chi connectivity index (χ0v) is 22.6. The Labute approximate surface area is 220 Å². The maximum atomic E-state index is 15.0. The Kier molecular flexibility index (Phi) is 6.05. The number of aryl methyl sites for hydroxylation is 1. The fourth-order valence-corrected chi connectivity index (χ4v) is 7.42. The summed E-state index contributed by atoms with van der Waals surface area (Å²) in [6.07, 6.45) is 9.86. The van der Waals surface area contributed by atoms with Crippen LogP contribution in [0.15, 0.2) is 48.7 Å². The molecule has 3 aromatic rings. The van der Waals surface area contributed by atoms with E-state index in [1.165, 1.54) is 61.4 Å². The Bertz CT molecular complexity index is 1330. The van der Waals surface area contributed by atoms with E-state index in [2.05, 4.69) is 62.2 Å². The molecule has 0 unspecified atom stereocenters. The maximum absolute atomic E-state index is 15.0. The minimum Gasteiger partial charge on any atom is -0.489 e. The van der Waals surface area contributed by atoms with Gasteiger partial charge >= 0.3 is 0 Å². The smallest absolute Gasteiger partial charge is 0.213 e. The second-order valence-corrected chi connectivity index (χ2v) is 12.3. The number of halogens is 1. The van der Waals surface area contributed by atoms with Gasteiger partial charge in [-0.3, -0.25) is 0 Å². The summed E-state index contributed by atoms with van der Waals surface area (Å²) in [7, 11) is 1.57. The molecule has 1 heterocycles. The topological polar surface area (TPSA) is 31.4 Å². The first-order valence-electron chi connectivity index (χ1n) is 13.9. The molecule has 194 valence electrons. The van der Waals surface area contributed by atoms with E-state index in [0.29, 0.717) is 29.4 Å². The third-order valence-electron chi connectivity index (χ3n) is 9.91. The van der Waals surface area contributed by atoms with Gasteiger partial charge in [0.15, 0.2) is 0 Å². The molecule has 0 aliphatic heterocycles. The van der Waals surface area contributed by atoms with Gasteiger partial charge in [-0.05, 0) is 101 Å². The van der Waals surface area contributed by atoms with Crippen molar-refractivity contribution in [3.63, 3.8) is 0 Å². The van der Waals surface area contributed by atoms with E-state index in [0.717, 1.165) is 29.2 Å². The molecule has 3 atom stereocenters. The molecular weight excluding hydrogens is 461 g/mol. The molecule has 0 amide bonds. The molecule has 37 heavy (non-hydrogen) atoms. The Balaban J connectivity index is 1.31. The molecule has 0 radical (unpaired) electrons. The number of pyridine rings is 1. The van der Waals surface area contributed by atoms with Gasteiger partial charge in [-0.2, -0.15) is 0 Å². The number of fused-ring (bicyclic) bond motifs is 2. The van der Waals surface area contributed by atoms with Crippen LogP contribution in [-0.4, -0.2) is 12.1 Å². The fourth-order valence-electron chi connectivity index (χ4n) is 7.42. The summed E-state index contributed by atoms with van der Waals surface area (Å²) in [6, 6.07) is 14.8. The molecule has 3 nitrogen and oxygen atoms in total. The number of ether oxygens (including phenoxy) is 2. The highest BCUT2D eigenvalue weighted by Gasteiger charge is 2.49. The lowest BCUT2D eigenvalue weighted by Crippen LogP contribution is -2.40. The van der Waals surface area contributed by atoms with Crippen LogP contribution in [0.2, 0.25) is 0 Å². The molecule has 3 aliphatic carbocycles. The fraction of sp³-hybridized carbons (Fsp3) is 0.485. The summed E-state index contributed by atoms with van der Waals surface area (Å²) >= 11 is 0. The average Bonchev–Trinajstić information content (AvgIpc) is 3.47. The first-order chi connectivity index (χ1) is 17.8. The Morgan fingerprint density at radius 3 is 2.57 bits per heavy atom. The van der Waals surface area contributed by atoms with Crippen molar-refractivity contribution in [2.45, 2.75) is 83.7 Å². The number of benzene rings is 2. The predicted molar refractivity (Wildman–Crippen MR) is 146 cm³/mol. The van der Waals surface area contributed by atoms with E-state index in [-0.39, 0.29) is 11.2 Å². The van der Waals surface area contributed by atoms with Gasteiger partial charge in [0.25, 0.3) is 0 Å². The van der Waals surface area contributed by atoms with Crippen LogP contribution in [0, 0.1) is 17.2 Å². The molecule has 2 fully saturated rings. The van der Waals surface area contributed by atoms with E-state index < -0.39 is 0 Å². The molecule has 4 heteroatoms. The van der Waals surface area contributed by atoms with Gasteiger partial charge in [-0.25, -0.2) is 9.37 Å². The lowest BCUT2D eigenvalue weighted by atomic mass is 9.58.